The number of aryl methyl sites for hydroxylation is 1. The fourth-order valence-corrected chi connectivity index (χ4v) is 2.41. The number of aromatic nitrogens is 1. The van der Waals surface area contributed by atoms with E-state index < -0.39 is 0 Å². The molecule has 1 aromatic heterocycles. The molecule has 0 radical (unpaired) electrons. The highest BCUT2D eigenvalue weighted by Crippen LogP contribution is 2.19. The van der Waals surface area contributed by atoms with E-state index in [2.05, 4.69) is 54.2 Å². The van der Waals surface area contributed by atoms with Gasteiger partial charge in [0.25, 0.3) is 0 Å². The van der Waals surface area contributed by atoms with Crippen LogP contribution in [0.25, 0.3) is 10.9 Å². The predicted molar refractivity (Wildman–Crippen MR) is 78.8 cm³/mol. The van der Waals surface area contributed by atoms with Gasteiger partial charge >= 0.3 is 0 Å². The topological polar surface area (TPSA) is 17.0 Å². The summed E-state index contributed by atoms with van der Waals surface area (Å²) in [5, 5.41) is 4.56. The SMILES string of the molecule is CNCc1ccc2ccn(CCCC(C)C)c2c1. The number of nitrogens with zero attached hydrogens (tertiary/aromatic N) is 1. The lowest BCUT2D eigenvalue weighted by atomic mass is 10.1. The molecule has 0 saturated carbocycles. The van der Waals surface area contributed by atoms with Crippen molar-refractivity contribution in [2.24, 2.45) is 5.92 Å². The van der Waals surface area contributed by atoms with Crippen LogP contribution in [0.3, 0.4) is 0 Å². The van der Waals surface area contributed by atoms with Gasteiger partial charge in [0, 0.05) is 24.8 Å². The van der Waals surface area contributed by atoms with E-state index in [0.29, 0.717) is 0 Å². The molecular formula is C16H24N2. The summed E-state index contributed by atoms with van der Waals surface area (Å²) in [4.78, 5) is 0. The van der Waals surface area contributed by atoms with Crippen molar-refractivity contribution >= 4 is 10.9 Å². The smallest absolute Gasteiger partial charge is 0.0483 e. The molecule has 0 aliphatic heterocycles. The average Bonchev–Trinajstić information content (AvgIpc) is 2.72. The molecule has 0 spiro atoms. The highest BCUT2D eigenvalue weighted by molar-refractivity contribution is 5.80. The van der Waals surface area contributed by atoms with E-state index >= 15 is 0 Å². The van der Waals surface area contributed by atoms with Gasteiger partial charge in [-0.25, -0.2) is 0 Å². The minimum absolute atomic E-state index is 0.798. The molecule has 0 fully saturated rings. The van der Waals surface area contributed by atoms with Crippen molar-refractivity contribution in [3.05, 3.63) is 36.0 Å². The summed E-state index contributed by atoms with van der Waals surface area (Å²) in [6, 6.07) is 8.95. The van der Waals surface area contributed by atoms with Crippen molar-refractivity contribution in [3.8, 4) is 0 Å². The Hall–Kier alpha value is -1.28. The van der Waals surface area contributed by atoms with Crippen molar-refractivity contribution in [1.82, 2.24) is 9.88 Å². The first-order valence-electron chi connectivity index (χ1n) is 6.93. The quantitative estimate of drug-likeness (QED) is 0.818. The molecular weight excluding hydrogens is 220 g/mol. The van der Waals surface area contributed by atoms with Crippen molar-refractivity contribution in [2.45, 2.75) is 39.8 Å². The maximum Gasteiger partial charge on any atom is 0.0483 e. The van der Waals surface area contributed by atoms with Crippen molar-refractivity contribution < 1.29 is 0 Å². The molecule has 0 atom stereocenters. The Balaban J connectivity index is 2.14. The summed E-state index contributed by atoms with van der Waals surface area (Å²) >= 11 is 0. The largest absolute Gasteiger partial charge is 0.347 e. The van der Waals surface area contributed by atoms with Crippen molar-refractivity contribution in [1.29, 1.82) is 0 Å². The second-order valence-electron chi connectivity index (χ2n) is 5.47. The third-order valence-corrected chi connectivity index (χ3v) is 3.40. The van der Waals surface area contributed by atoms with Gasteiger partial charge in [-0.15, -0.1) is 0 Å². The molecule has 98 valence electrons. The lowest BCUT2D eigenvalue weighted by Crippen LogP contribution is -2.05. The Morgan fingerprint density at radius 1 is 1.22 bits per heavy atom. The highest BCUT2D eigenvalue weighted by Gasteiger charge is 2.03. The summed E-state index contributed by atoms with van der Waals surface area (Å²) in [5.41, 5.74) is 2.72. The van der Waals surface area contributed by atoms with Gasteiger partial charge in [-0.1, -0.05) is 26.0 Å². The third kappa shape index (κ3) is 3.14. The molecule has 18 heavy (non-hydrogen) atoms. The van der Waals surface area contributed by atoms with Crippen LogP contribution in [0, 0.1) is 5.92 Å². The summed E-state index contributed by atoms with van der Waals surface area (Å²) in [6.45, 7) is 6.65. The van der Waals surface area contributed by atoms with Crippen LogP contribution in [0.15, 0.2) is 30.5 Å². The maximum absolute atomic E-state index is 3.21. The van der Waals surface area contributed by atoms with E-state index in [-0.39, 0.29) is 0 Å². The van der Waals surface area contributed by atoms with E-state index in [1.807, 2.05) is 7.05 Å². The number of hydrogen-bond acceptors (Lipinski definition) is 1. The standard InChI is InChI=1S/C16H24N2/c1-13(2)5-4-9-18-10-8-15-7-6-14(12-17-3)11-16(15)18/h6-8,10-11,13,17H,4-5,9,12H2,1-3H3. The molecule has 0 aliphatic carbocycles. The molecule has 0 unspecified atom stereocenters. The molecule has 2 heteroatoms. The Morgan fingerprint density at radius 3 is 2.78 bits per heavy atom. The van der Waals surface area contributed by atoms with Crippen LogP contribution in [0.2, 0.25) is 0 Å². The van der Waals surface area contributed by atoms with E-state index in [9.17, 15) is 0 Å². The summed E-state index contributed by atoms with van der Waals surface area (Å²) in [6.07, 6.45) is 4.78. The maximum atomic E-state index is 3.21. The molecule has 1 N–H and O–H groups in total. The number of hydrogen-bond donors (Lipinski definition) is 1. The molecule has 2 nitrogen and oxygen atoms in total. The average molecular weight is 244 g/mol. The first-order chi connectivity index (χ1) is 8.70. The van der Waals surface area contributed by atoms with Gasteiger partial charge in [0.05, 0.1) is 0 Å². The van der Waals surface area contributed by atoms with Crippen LogP contribution in [0.1, 0.15) is 32.3 Å². The lowest BCUT2D eigenvalue weighted by molar-refractivity contribution is 0.517. The summed E-state index contributed by atoms with van der Waals surface area (Å²) in [7, 11) is 1.99. The van der Waals surface area contributed by atoms with Crippen LogP contribution in [0.5, 0.6) is 0 Å². The normalized spacial score (nSPS) is 11.6. The van der Waals surface area contributed by atoms with Gasteiger partial charge in [-0.3, -0.25) is 0 Å². The number of nitrogens with one attached hydrogen (secondary N) is 1. The van der Waals surface area contributed by atoms with Gasteiger partial charge in [0.2, 0.25) is 0 Å². The van der Waals surface area contributed by atoms with E-state index in [0.717, 1.165) is 19.0 Å². The minimum Gasteiger partial charge on any atom is -0.347 e. The summed E-state index contributed by atoms with van der Waals surface area (Å²) in [5.74, 6) is 0.798. The fraction of sp³-hybridized carbons (Fsp3) is 0.500. The molecule has 0 bridgehead atoms. The molecule has 2 aromatic rings. The zero-order valence-electron chi connectivity index (χ0n) is 11.7. The van der Waals surface area contributed by atoms with Gasteiger partial charge in [0.1, 0.15) is 0 Å². The van der Waals surface area contributed by atoms with E-state index in [1.165, 1.54) is 29.3 Å². The van der Waals surface area contributed by atoms with Crippen molar-refractivity contribution in [3.63, 3.8) is 0 Å². The van der Waals surface area contributed by atoms with E-state index in [4.69, 9.17) is 0 Å². The summed E-state index contributed by atoms with van der Waals surface area (Å²) < 4.78 is 2.39. The van der Waals surface area contributed by atoms with Crippen LogP contribution in [-0.4, -0.2) is 11.6 Å². The Bertz CT molecular complexity index is 497. The van der Waals surface area contributed by atoms with Gasteiger partial charge in [-0.05, 0) is 48.9 Å². The second kappa shape index (κ2) is 6.05. The molecule has 0 aliphatic rings. The predicted octanol–water partition coefficient (Wildman–Crippen LogP) is 3.80. The second-order valence-corrected chi connectivity index (χ2v) is 5.47. The Labute approximate surface area is 110 Å². The van der Waals surface area contributed by atoms with Crippen LogP contribution in [-0.2, 0) is 13.1 Å². The van der Waals surface area contributed by atoms with E-state index in [1.54, 1.807) is 0 Å². The van der Waals surface area contributed by atoms with Gasteiger partial charge < -0.3 is 9.88 Å². The first-order valence-corrected chi connectivity index (χ1v) is 6.93. The Kier molecular flexibility index (Phi) is 4.43. The van der Waals surface area contributed by atoms with Crippen LogP contribution >= 0.6 is 0 Å². The molecule has 0 amide bonds. The molecule has 0 saturated heterocycles. The Morgan fingerprint density at radius 2 is 2.06 bits per heavy atom. The van der Waals surface area contributed by atoms with Gasteiger partial charge in [0.15, 0.2) is 0 Å². The molecule has 1 heterocycles. The van der Waals surface area contributed by atoms with Gasteiger partial charge in [-0.2, -0.15) is 0 Å². The fourth-order valence-electron chi connectivity index (χ4n) is 2.41. The number of fused-ring (bicyclic) bond motifs is 1. The zero-order chi connectivity index (χ0) is 13.0. The van der Waals surface area contributed by atoms with Crippen LogP contribution < -0.4 is 5.32 Å². The highest BCUT2D eigenvalue weighted by atomic mass is 14.9. The number of rotatable bonds is 6. The minimum atomic E-state index is 0.798. The zero-order valence-corrected chi connectivity index (χ0v) is 11.7. The van der Waals surface area contributed by atoms with Crippen LogP contribution in [0.4, 0.5) is 0 Å². The molecule has 2 rings (SSSR count). The van der Waals surface area contributed by atoms with Crippen molar-refractivity contribution in [2.75, 3.05) is 7.05 Å². The first kappa shape index (κ1) is 13.2. The third-order valence-electron chi connectivity index (χ3n) is 3.40. The lowest BCUT2D eigenvalue weighted by Gasteiger charge is -2.08. The molecule has 1 aromatic carbocycles. The monoisotopic (exact) mass is 244 g/mol. The number of benzene rings is 1.